The van der Waals surface area contributed by atoms with E-state index >= 15 is 0 Å². The molecule has 0 bridgehead atoms. The van der Waals surface area contributed by atoms with Gasteiger partial charge in [-0.15, -0.1) is 0 Å². The molecule has 5 rings (SSSR count). The smallest absolute Gasteiger partial charge is 0.409 e. The number of rotatable bonds is 12. The molecule has 48 heavy (non-hydrogen) atoms. The van der Waals surface area contributed by atoms with Crippen LogP contribution in [0.5, 0.6) is 5.88 Å². The number of amides is 4. The summed E-state index contributed by atoms with van der Waals surface area (Å²) in [5, 5.41) is 16.4. The molecule has 0 saturated carbocycles. The van der Waals surface area contributed by atoms with Crippen molar-refractivity contribution in [3.05, 3.63) is 59.9 Å². The molecule has 0 spiro atoms. The summed E-state index contributed by atoms with van der Waals surface area (Å²) in [5.74, 6) is -2.03. The topological polar surface area (TPSA) is 190 Å². The zero-order chi connectivity index (χ0) is 34.2. The number of aromatic nitrogens is 3. The minimum Gasteiger partial charge on any atom is -0.481 e. The van der Waals surface area contributed by atoms with Gasteiger partial charge in [-0.25, -0.2) is 14.5 Å². The maximum absolute atomic E-state index is 13.5. The number of piperazine rings is 1. The van der Waals surface area contributed by atoms with Gasteiger partial charge in [-0.1, -0.05) is 18.2 Å². The summed E-state index contributed by atoms with van der Waals surface area (Å²) in [4.78, 5) is 72.8. The number of carbonyl (C=O) groups is 5. The molecule has 2 fully saturated rings. The summed E-state index contributed by atoms with van der Waals surface area (Å²) in [6.07, 6.45) is 2.05. The molecule has 2 aromatic heterocycles. The zero-order valence-corrected chi connectivity index (χ0v) is 26.9. The van der Waals surface area contributed by atoms with E-state index in [4.69, 9.17) is 13.9 Å². The molecule has 16 heteroatoms. The predicted octanol–water partition coefficient (Wildman–Crippen LogP) is 2.18. The minimum atomic E-state index is -1.17. The molecule has 0 aliphatic carbocycles. The van der Waals surface area contributed by atoms with Crippen LogP contribution in [0.3, 0.4) is 0 Å². The molecule has 2 N–H and O–H groups in total. The molecule has 2 aliphatic heterocycles. The van der Waals surface area contributed by atoms with Gasteiger partial charge in [0.1, 0.15) is 18.3 Å². The Morgan fingerprint density at radius 2 is 1.79 bits per heavy atom. The number of benzene rings is 1. The fraction of sp³-hybridized carbons (Fsp3) is 0.469. The van der Waals surface area contributed by atoms with Crippen molar-refractivity contribution in [2.24, 2.45) is 0 Å². The molecule has 4 amide bonds. The fourth-order valence-corrected chi connectivity index (χ4v) is 5.70. The van der Waals surface area contributed by atoms with Gasteiger partial charge in [-0.2, -0.15) is 5.10 Å². The molecule has 2 atom stereocenters. The highest BCUT2D eigenvalue weighted by atomic mass is 16.6. The van der Waals surface area contributed by atoms with Crippen molar-refractivity contribution >= 4 is 29.8 Å². The van der Waals surface area contributed by atoms with Crippen LogP contribution in [-0.4, -0.2) is 116 Å². The third-order valence-electron chi connectivity index (χ3n) is 8.12. The largest absolute Gasteiger partial charge is 0.481 e. The van der Waals surface area contributed by atoms with Crippen LogP contribution in [0.25, 0.3) is 5.69 Å². The third kappa shape index (κ3) is 8.11. The number of oxazole rings is 1. The maximum Gasteiger partial charge on any atom is 0.409 e. The van der Waals surface area contributed by atoms with Crippen LogP contribution in [-0.2, 0) is 19.1 Å². The van der Waals surface area contributed by atoms with Gasteiger partial charge in [0.05, 0.1) is 18.0 Å². The summed E-state index contributed by atoms with van der Waals surface area (Å²) in [6, 6.07) is 8.77. The van der Waals surface area contributed by atoms with E-state index in [1.54, 1.807) is 42.4 Å². The highest BCUT2D eigenvalue weighted by Gasteiger charge is 2.34. The van der Waals surface area contributed by atoms with Gasteiger partial charge in [0.25, 0.3) is 11.8 Å². The molecule has 16 nitrogen and oxygen atoms in total. The van der Waals surface area contributed by atoms with Crippen LogP contribution in [0, 0.1) is 6.92 Å². The Morgan fingerprint density at radius 1 is 1.06 bits per heavy atom. The molecule has 0 unspecified atom stereocenters. The lowest BCUT2D eigenvalue weighted by atomic mass is 10.1. The normalized spacial score (nSPS) is 16.8. The van der Waals surface area contributed by atoms with Gasteiger partial charge in [0.15, 0.2) is 12.3 Å². The number of hydrogen-bond donors (Lipinski definition) is 2. The number of nitrogens with zero attached hydrogens (tertiary/aromatic N) is 6. The Labute approximate surface area is 276 Å². The van der Waals surface area contributed by atoms with E-state index in [1.807, 2.05) is 13.0 Å². The molecule has 0 radical (unpaired) electrons. The second kappa shape index (κ2) is 15.5. The Hall–Kier alpha value is -5.41. The van der Waals surface area contributed by atoms with Gasteiger partial charge in [-0.3, -0.25) is 19.2 Å². The van der Waals surface area contributed by atoms with Crippen LogP contribution in [0.4, 0.5) is 4.79 Å². The van der Waals surface area contributed by atoms with Crippen molar-refractivity contribution < 1.29 is 43.0 Å². The van der Waals surface area contributed by atoms with Crippen molar-refractivity contribution in [2.75, 3.05) is 45.9 Å². The number of nitrogens with one attached hydrogen (secondary N) is 1. The van der Waals surface area contributed by atoms with Crippen molar-refractivity contribution in [2.45, 2.75) is 51.6 Å². The summed E-state index contributed by atoms with van der Waals surface area (Å²) in [5.41, 5.74) is 1.18. The van der Waals surface area contributed by atoms with E-state index < -0.39 is 29.9 Å². The second-order valence-corrected chi connectivity index (χ2v) is 11.4. The fourth-order valence-electron chi connectivity index (χ4n) is 5.70. The van der Waals surface area contributed by atoms with Crippen LogP contribution >= 0.6 is 0 Å². The van der Waals surface area contributed by atoms with Gasteiger partial charge in [0.2, 0.25) is 17.7 Å². The highest BCUT2D eigenvalue weighted by Crippen LogP contribution is 2.31. The van der Waals surface area contributed by atoms with Crippen molar-refractivity contribution in [3.8, 4) is 11.6 Å². The minimum absolute atomic E-state index is 0.101. The van der Waals surface area contributed by atoms with E-state index in [1.165, 1.54) is 20.5 Å². The summed E-state index contributed by atoms with van der Waals surface area (Å²) >= 11 is 0. The lowest BCUT2D eigenvalue weighted by Gasteiger charge is -2.35. The van der Waals surface area contributed by atoms with E-state index in [-0.39, 0.29) is 75.8 Å². The maximum atomic E-state index is 13.5. The molecule has 3 aromatic rings. The number of hydrogen-bond acceptors (Lipinski definition) is 10. The predicted molar refractivity (Wildman–Crippen MR) is 167 cm³/mol. The van der Waals surface area contributed by atoms with Crippen molar-refractivity contribution in [1.29, 1.82) is 0 Å². The average Bonchev–Trinajstić information content (AvgIpc) is 3.85. The lowest BCUT2D eigenvalue weighted by molar-refractivity contribution is -0.138. The van der Waals surface area contributed by atoms with Crippen molar-refractivity contribution in [3.63, 3.8) is 0 Å². The Bertz CT molecular complexity index is 1610. The van der Waals surface area contributed by atoms with Gasteiger partial charge < -0.3 is 39.0 Å². The standard InChI is InChI=1S/C32H39N7O9/c1-3-46-32(45)37-16-14-36(15-17-37)31(44)23(11-12-28(41)42)34-29(43)24-18-27(39(35-24)22-8-5-4-6-9-22)47-20-26(40)38-13-7-10-25(38)30-33-21(2)19-48-30/h4-6,8-9,18-19,23,25H,3,7,10-17,20H2,1-2H3,(H,34,43)(H,41,42)/t23-,25-/m0/s1. The molecule has 1 aromatic carbocycles. The van der Waals surface area contributed by atoms with Crippen LogP contribution < -0.4 is 10.1 Å². The molecular weight excluding hydrogens is 626 g/mol. The van der Waals surface area contributed by atoms with Crippen LogP contribution in [0.2, 0.25) is 0 Å². The lowest BCUT2D eigenvalue weighted by Crippen LogP contribution is -2.56. The molecule has 4 heterocycles. The quantitative estimate of drug-likeness (QED) is 0.288. The first-order valence-corrected chi connectivity index (χ1v) is 15.9. The summed E-state index contributed by atoms with van der Waals surface area (Å²) in [6.45, 7) is 4.79. The summed E-state index contributed by atoms with van der Waals surface area (Å²) in [7, 11) is 0. The number of aryl methyl sites for hydroxylation is 1. The number of carboxylic acids is 1. The SMILES string of the molecule is CCOC(=O)N1CCN(C(=O)[C@H](CCC(=O)O)NC(=O)c2cc(OCC(=O)N3CCC[C@H]3c3nc(C)co3)n(-c3ccccc3)n2)CC1. The van der Waals surface area contributed by atoms with Gasteiger partial charge in [-0.05, 0) is 45.2 Å². The average molecular weight is 666 g/mol. The molecular formula is C32H39N7O9. The van der Waals surface area contributed by atoms with Gasteiger partial charge in [0, 0.05) is 45.2 Å². The number of carbonyl (C=O) groups excluding carboxylic acids is 4. The Balaban J connectivity index is 1.30. The first-order valence-electron chi connectivity index (χ1n) is 15.9. The number of para-hydroxylation sites is 1. The number of aliphatic carboxylic acids is 1. The number of likely N-dealkylation sites (tertiary alicyclic amines) is 1. The molecule has 2 aliphatic rings. The van der Waals surface area contributed by atoms with Crippen molar-refractivity contribution in [1.82, 2.24) is 34.8 Å². The highest BCUT2D eigenvalue weighted by molar-refractivity contribution is 5.96. The monoisotopic (exact) mass is 665 g/mol. The van der Waals surface area contributed by atoms with Gasteiger partial charge >= 0.3 is 12.1 Å². The molecule has 2 saturated heterocycles. The van der Waals surface area contributed by atoms with Crippen LogP contribution in [0.15, 0.2) is 47.1 Å². The zero-order valence-electron chi connectivity index (χ0n) is 26.9. The van der Waals surface area contributed by atoms with E-state index in [0.29, 0.717) is 24.5 Å². The second-order valence-electron chi connectivity index (χ2n) is 11.4. The first-order chi connectivity index (χ1) is 23.1. The Morgan fingerprint density at radius 3 is 2.46 bits per heavy atom. The first kappa shape index (κ1) is 33.9. The Kier molecular flexibility index (Phi) is 10.9. The van der Waals surface area contributed by atoms with Crippen LogP contribution in [0.1, 0.15) is 60.7 Å². The van der Waals surface area contributed by atoms with E-state index in [2.05, 4.69) is 15.4 Å². The third-order valence-corrected chi connectivity index (χ3v) is 8.12. The number of ether oxygens (including phenoxy) is 2. The number of carboxylic acid groups (broad SMARTS) is 1. The van der Waals surface area contributed by atoms with E-state index in [0.717, 1.165) is 12.1 Å². The van der Waals surface area contributed by atoms with E-state index in [9.17, 15) is 29.1 Å². The summed E-state index contributed by atoms with van der Waals surface area (Å²) < 4.78 is 17.9. The molecule has 256 valence electrons.